The van der Waals surface area contributed by atoms with Gasteiger partial charge in [0.05, 0.1) is 12.5 Å². The fourth-order valence-corrected chi connectivity index (χ4v) is 1.66. The van der Waals surface area contributed by atoms with E-state index in [4.69, 9.17) is 15.0 Å². The second kappa shape index (κ2) is 5.75. The monoisotopic (exact) mass is 247 g/mol. The summed E-state index contributed by atoms with van der Waals surface area (Å²) in [6.07, 6.45) is 0. The van der Waals surface area contributed by atoms with E-state index in [2.05, 4.69) is 10.1 Å². The molecule has 0 saturated heterocycles. The van der Waals surface area contributed by atoms with Gasteiger partial charge in [0.15, 0.2) is 0 Å². The number of benzene rings is 1. The maximum atomic E-state index is 5.55. The SMILES string of the molecule is COCC(C)c1nc(-c2ccc(CN)cc2)no1. The van der Waals surface area contributed by atoms with Crippen LogP contribution in [-0.4, -0.2) is 23.9 Å². The van der Waals surface area contributed by atoms with E-state index in [-0.39, 0.29) is 5.92 Å². The van der Waals surface area contributed by atoms with Crippen LogP contribution in [0.3, 0.4) is 0 Å². The van der Waals surface area contributed by atoms with Crippen molar-refractivity contribution in [2.75, 3.05) is 13.7 Å². The van der Waals surface area contributed by atoms with Crippen molar-refractivity contribution in [2.24, 2.45) is 5.73 Å². The molecule has 0 radical (unpaired) electrons. The van der Waals surface area contributed by atoms with Crippen molar-refractivity contribution in [3.8, 4) is 11.4 Å². The summed E-state index contributed by atoms with van der Waals surface area (Å²) in [5.41, 5.74) is 7.55. The third-order valence-electron chi connectivity index (χ3n) is 2.73. The highest BCUT2D eigenvalue weighted by Gasteiger charge is 2.14. The highest BCUT2D eigenvalue weighted by atomic mass is 16.5. The van der Waals surface area contributed by atoms with E-state index in [1.165, 1.54) is 0 Å². The first-order chi connectivity index (χ1) is 8.74. The van der Waals surface area contributed by atoms with Gasteiger partial charge in [-0.15, -0.1) is 0 Å². The van der Waals surface area contributed by atoms with Gasteiger partial charge in [0.1, 0.15) is 0 Å². The third kappa shape index (κ3) is 2.75. The average molecular weight is 247 g/mol. The molecule has 0 saturated carbocycles. The lowest BCUT2D eigenvalue weighted by Crippen LogP contribution is -2.01. The Morgan fingerprint density at radius 2 is 2.06 bits per heavy atom. The minimum atomic E-state index is 0.0968. The molecule has 1 atom stereocenters. The maximum absolute atomic E-state index is 5.55. The topological polar surface area (TPSA) is 74.2 Å². The zero-order valence-corrected chi connectivity index (χ0v) is 10.6. The summed E-state index contributed by atoms with van der Waals surface area (Å²) < 4.78 is 10.3. The van der Waals surface area contributed by atoms with Gasteiger partial charge in [0.2, 0.25) is 11.7 Å². The number of hydrogen-bond donors (Lipinski definition) is 1. The highest BCUT2D eigenvalue weighted by molar-refractivity contribution is 5.54. The molecule has 2 rings (SSSR count). The molecule has 1 aromatic carbocycles. The largest absolute Gasteiger partial charge is 0.384 e. The molecule has 96 valence electrons. The summed E-state index contributed by atoms with van der Waals surface area (Å²) in [4.78, 5) is 4.37. The summed E-state index contributed by atoms with van der Waals surface area (Å²) >= 11 is 0. The van der Waals surface area contributed by atoms with Crippen molar-refractivity contribution < 1.29 is 9.26 Å². The van der Waals surface area contributed by atoms with Gasteiger partial charge in [-0.1, -0.05) is 36.3 Å². The second-order valence-corrected chi connectivity index (χ2v) is 4.21. The Morgan fingerprint density at radius 3 is 2.67 bits per heavy atom. The van der Waals surface area contributed by atoms with Crippen molar-refractivity contribution in [1.82, 2.24) is 10.1 Å². The van der Waals surface area contributed by atoms with Crippen LogP contribution in [-0.2, 0) is 11.3 Å². The number of ether oxygens (including phenoxy) is 1. The molecule has 0 aliphatic carbocycles. The van der Waals surface area contributed by atoms with Crippen LogP contribution in [0.25, 0.3) is 11.4 Å². The van der Waals surface area contributed by atoms with Crippen LogP contribution in [0, 0.1) is 0 Å². The van der Waals surface area contributed by atoms with E-state index >= 15 is 0 Å². The summed E-state index contributed by atoms with van der Waals surface area (Å²) in [6, 6.07) is 7.81. The van der Waals surface area contributed by atoms with Crippen molar-refractivity contribution in [2.45, 2.75) is 19.4 Å². The molecule has 1 aromatic heterocycles. The number of aromatic nitrogens is 2. The van der Waals surface area contributed by atoms with E-state index < -0.39 is 0 Å². The standard InChI is InChI=1S/C13H17N3O2/c1-9(8-17-2)13-15-12(16-18-13)11-5-3-10(7-14)4-6-11/h3-6,9H,7-8,14H2,1-2H3. The quantitative estimate of drug-likeness (QED) is 0.874. The summed E-state index contributed by atoms with van der Waals surface area (Å²) in [7, 11) is 1.65. The van der Waals surface area contributed by atoms with Crippen LogP contribution in [0.5, 0.6) is 0 Å². The van der Waals surface area contributed by atoms with Crippen molar-refractivity contribution >= 4 is 0 Å². The molecular formula is C13H17N3O2. The molecule has 2 aromatic rings. The number of methoxy groups -OCH3 is 1. The normalized spacial score (nSPS) is 12.6. The minimum Gasteiger partial charge on any atom is -0.384 e. The fraction of sp³-hybridized carbons (Fsp3) is 0.385. The van der Waals surface area contributed by atoms with Gasteiger partial charge < -0.3 is 15.0 Å². The molecule has 5 nitrogen and oxygen atoms in total. The Hall–Kier alpha value is -1.72. The van der Waals surface area contributed by atoms with Crippen molar-refractivity contribution in [3.63, 3.8) is 0 Å². The Bertz CT molecular complexity index is 493. The van der Waals surface area contributed by atoms with Gasteiger partial charge in [-0.2, -0.15) is 4.98 Å². The molecular weight excluding hydrogens is 230 g/mol. The van der Waals surface area contributed by atoms with Crippen LogP contribution in [0.2, 0.25) is 0 Å². The zero-order chi connectivity index (χ0) is 13.0. The number of nitrogens with two attached hydrogens (primary N) is 1. The molecule has 18 heavy (non-hydrogen) atoms. The van der Waals surface area contributed by atoms with E-state index in [9.17, 15) is 0 Å². The molecule has 0 bridgehead atoms. The molecule has 0 spiro atoms. The number of rotatable bonds is 5. The molecule has 5 heteroatoms. The van der Waals surface area contributed by atoms with Gasteiger partial charge in [-0.05, 0) is 5.56 Å². The van der Waals surface area contributed by atoms with Gasteiger partial charge in [-0.3, -0.25) is 0 Å². The Balaban J connectivity index is 2.18. The Morgan fingerprint density at radius 1 is 1.33 bits per heavy atom. The average Bonchev–Trinajstić information content (AvgIpc) is 2.89. The molecule has 0 amide bonds. The molecule has 1 unspecified atom stereocenters. The van der Waals surface area contributed by atoms with Crippen LogP contribution in [0.15, 0.2) is 28.8 Å². The number of hydrogen-bond acceptors (Lipinski definition) is 5. The van der Waals surface area contributed by atoms with Crippen LogP contribution >= 0.6 is 0 Å². The Kier molecular flexibility index (Phi) is 4.07. The first-order valence-corrected chi connectivity index (χ1v) is 5.86. The van der Waals surface area contributed by atoms with E-state index in [0.717, 1.165) is 11.1 Å². The third-order valence-corrected chi connectivity index (χ3v) is 2.73. The number of nitrogens with zero attached hydrogens (tertiary/aromatic N) is 2. The first-order valence-electron chi connectivity index (χ1n) is 5.86. The summed E-state index contributed by atoms with van der Waals surface area (Å²) in [6.45, 7) is 3.08. The molecule has 2 N–H and O–H groups in total. The summed E-state index contributed by atoms with van der Waals surface area (Å²) in [5.74, 6) is 1.28. The second-order valence-electron chi connectivity index (χ2n) is 4.21. The van der Waals surface area contributed by atoms with Gasteiger partial charge >= 0.3 is 0 Å². The van der Waals surface area contributed by atoms with Gasteiger partial charge in [0, 0.05) is 19.2 Å². The maximum Gasteiger partial charge on any atom is 0.232 e. The van der Waals surface area contributed by atoms with Crippen molar-refractivity contribution in [3.05, 3.63) is 35.7 Å². The smallest absolute Gasteiger partial charge is 0.232 e. The Labute approximate surface area is 106 Å². The first kappa shape index (κ1) is 12.7. The van der Waals surface area contributed by atoms with E-state index in [0.29, 0.717) is 24.9 Å². The van der Waals surface area contributed by atoms with Gasteiger partial charge in [-0.25, -0.2) is 0 Å². The zero-order valence-electron chi connectivity index (χ0n) is 10.6. The molecule has 0 fully saturated rings. The highest BCUT2D eigenvalue weighted by Crippen LogP contribution is 2.20. The molecule has 1 heterocycles. The predicted octanol–water partition coefficient (Wildman–Crippen LogP) is 1.95. The lowest BCUT2D eigenvalue weighted by molar-refractivity contribution is 0.170. The fourth-order valence-electron chi connectivity index (χ4n) is 1.66. The summed E-state index contributed by atoms with van der Waals surface area (Å²) in [5, 5.41) is 3.97. The van der Waals surface area contributed by atoms with Crippen LogP contribution in [0.4, 0.5) is 0 Å². The van der Waals surface area contributed by atoms with E-state index in [1.807, 2.05) is 31.2 Å². The lowest BCUT2D eigenvalue weighted by atomic mass is 10.1. The predicted molar refractivity (Wildman–Crippen MR) is 67.9 cm³/mol. The molecule has 0 aliphatic rings. The minimum absolute atomic E-state index is 0.0968. The van der Waals surface area contributed by atoms with Crippen LogP contribution < -0.4 is 5.73 Å². The molecule has 0 aliphatic heterocycles. The lowest BCUT2D eigenvalue weighted by Gasteiger charge is -2.02. The van der Waals surface area contributed by atoms with Crippen molar-refractivity contribution in [1.29, 1.82) is 0 Å². The van der Waals surface area contributed by atoms with Crippen LogP contribution in [0.1, 0.15) is 24.3 Å². The van der Waals surface area contributed by atoms with E-state index in [1.54, 1.807) is 7.11 Å². The van der Waals surface area contributed by atoms with Gasteiger partial charge in [0.25, 0.3) is 0 Å².